The average Bonchev–Trinajstić information content (AvgIpc) is 2.64. The first-order chi connectivity index (χ1) is 13.5. The fourth-order valence-corrected chi connectivity index (χ4v) is 3.34. The van der Waals surface area contributed by atoms with Gasteiger partial charge in [-0.15, -0.1) is 0 Å². The standard InChI is InChI=1S/C21H23ClINO5/c1-21(2,3)29-20(26)17(24)10-12-9-15(11-16(18(12)23)19(25)27-4)28-14-7-5-13(22)6-8-14/h5-9,11,17H,10,24H2,1-4H3. The number of nitrogens with two attached hydrogens (primary N) is 1. The van der Waals surface area contributed by atoms with Crippen LogP contribution in [0.4, 0.5) is 0 Å². The van der Waals surface area contributed by atoms with Crippen LogP contribution < -0.4 is 10.5 Å². The van der Waals surface area contributed by atoms with Crippen LogP contribution >= 0.6 is 34.2 Å². The summed E-state index contributed by atoms with van der Waals surface area (Å²) in [4.78, 5) is 24.5. The van der Waals surface area contributed by atoms with E-state index < -0.39 is 23.6 Å². The minimum atomic E-state index is -0.890. The van der Waals surface area contributed by atoms with Gasteiger partial charge in [-0.1, -0.05) is 11.6 Å². The van der Waals surface area contributed by atoms with E-state index in [1.54, 1.807) is 57.2 Å². The fourth-order valence-electron chi connectivity index (χ4n) is 2.46. The first-order valence-electron chi connectivity index (χ1n) is 8.82. The van der Waals surface area contributed by atoms with Crippen LogP contribution in [0.2, 0.25) is 5.02 Å². The summed E-state index contributed by atoms with van der Waals surface area (Å²) < 4.78 is 16.7. The van der Waals surface area contributed by atoms with Crippen molar-refractivity contribution < 1.29 is 23.8 Å². The van der Waals surface area contributed by atoms with E-state index in [9.17, 15) is 9.59 Å². The number of ether oxygens (including phenoxy) is 3. The summed E-state index contributed by atoms with van der Waals surface area (Å²) in [6.45, 7) is 5.33. The molecule has 0 heterocycles. The van der Waals surface area contributed by atoms with Crippen LogP contribution in [-0.4, -0.2) is 30.7 Å². The van der Waals surface area contributed by atoms with Crippen LogP contribution in [0.25, 0.3) is 0 Å². The van der Waals surface area contributed by atoms with Crippen LogP contribution in [0.1, 0.15) is 36.7 Å². The Hall–Kier alpha value is -1.84. The maximum atomic E-state index is 12.3. The molecule has 156 valence electrons. The molecule has 0 bridgehead atoms. The highest BCUT2D eigenvalue weighted by atomic mass is 127. The molecule has 0 aliphatic carbocycles. The molecule has 2 N–H and O–H groups in total. The monoisotopic (exact) mass is 531 g/mol. The first-order valence-corrected chi connectivity index (χ1v) is 10.3. The SMILES string of the molecule is COC(=O)c1cc(Oc2ccc(Cl)cc2)cc(CC(N)C(=O)OC(C)(C)C)c1I. The summed E-state index contributed by atoms with van der Waals surface area (Å²) in [5.41, 5.74) is 6.42. The molecule has 2 aromatic rings. The minimum Gasteiger partial charge on any atom is -0.465 e. The van der Waals surface area contributed by atoms with Gasteiger partial charge in [0.05, 0.1) is 12.7 Å². The molecular formula is C21H23ClINO5. The van der Waals surface area contributed by atoms with Gasteiger partial charge in [-0.05, 0) is 91.7 Å². The minimum absolute atomic E-state index is 0.176. The molecule has 0 radical (unpaired) electrons. The first kappa shape index (κ1) is 23.4. The van der Waals surface area contributed by atoms with E-state index in [2.05, 4.69) is 0 Å². The lowest BCUT2D eigenvalue weighted by Gasteiger charge is -2.22. The lowest BCUT2D eigenvalue weighted by molar-refractivity contribution is -0.156. The third-order valence-corrected chi connectivity index (χ3v) is 5.25. The van der Waals surface area contributed by atoms with Gasteiger partial charge in [0.25, 0.3) is 0 Å². The summed E-state index contributed by atoms with van der Waals surface area (Å²) in [5.74, 6) is -0.0617. The predicted octanol–water partition coefficient (Wildman–Crippen LogP) is 4.74. The largest absolute Gasteiger partial charge is 0.465 e. The van der Waals surface area contributed by atoms with Crippen LogP contribution in [0, 0.1) is 3.57 Å². The Bertz CT molecular complexity index is 893. The van der Waals surface area contributed by atoms with E-state index in [0.29, 0.717) is 31.2 Å². The van der Waals surface area contributed by atoms with Gasteiger partial charge in [0.1, 0.15) is 23.1 Å². The Balaban J connectivity index is 2.35. The van der Waals surface area contributed by atoms with Gasteiger partial charge in [-0.2, -0.15) is 0 Å². The van der Waals surface area contributed by atoms with Crippen LogP contribution in [0.15, 0.2) is 36.4 Å². The fraction of sp³-hybridized carbons (Fsp3) is 0.333. The Morgan fingerprint density at radius 2 is 1.76 bits per heavy atom. The van der Waals surface area contributed by atoms with Gasteiger partial charge in [0.2, 0.25) is 0 Å². The zero-order valence-electron chi connectivity index (χ0n) is 16.6. The van der Waals surface area contributed by atoms with E-state index in [0.717, 1.165) is 0 Å². The third-order valence-electron chi connectivity index (χ3n) is 3.73. The quantitative estimate of drug-likeness (QED) is 0.428. The predicted molar refractivity (Wildman–Crippen MR) is 120 cm³/mol. The second-order valence-corrected chi connectivity index (χ2v) is 8.85. The number of benzene rings is 2. The average molecular weight is 532 g/mol. The lowest BCUT2D eigenvalue weighted by atomic mass is 10.0. The molecule has 0 fully saturated rings. The summed E-state index contributed by atoms with van der Waals surface area (Å²) in [5, 5.41) is 0.583. The van der Waals surface area contributed by atoms with Crippen LogP contribution in [-0.2, 0) is 20.7 Å². The number of hydrogen-bond donors (Lipinski definition) is 1. The van der Waals surface area contributed by atoms with Gasteiger partial charge in [0.15, 0.2) is 0 Å². The van der Waals surface area contributed by atoms with Gasteiger partial charge in [-0.3, -0.25) is 4.79 Å². The topological polar surface area (TPSA) is 87.9 Å². The summed E-state index contributed by atoms with van der Waals surface area (Å²) >= 11 is 7.94. The van der Waals surface area contributed by atoms with Gasteiger partial charge in [0, 0.05) is 8.59 Å². The maximum absolute atomic E-state index is 12.3. The Labute approximate surface area is 188 Å². The van der Waals surface area contributed by atoms with E-state index >= 15 is 0 Å². The molecule has 2 aromatic carbocycles. The van der Waals surface area contributed by atoms with E-state index in [4.69, 9.17) is 31.5 Å². The van der Waals surface area contributed by atoms with E-state index in [-0.39, 0.29) is 6.42 Å². The Morgan fingerprint density at radius 3 is 2.31 bits per heavy atom. The molecule has 1 atom stereocenters. The highest BCUT2D eigenvalue weighted by Crippen LogP contribution is 2.30. The summed E-state index contributed by atoms with van der Waals surface area (Å²) in [6.07, 6.45) is 0.176. The number of carbonyl (C=O) groups is 2. The zero-order valence-corrected chi connectivity index (χ0v) is 19.5. The molecule has 2 rings (SSSR count). The van der Waals surface area contributed by atoms with Crippen molar-refractivity contribution in [3.63, 3.8) is 0 Å². The smallest absolute Gasteiger partial charge is 0.339 e. The molecule has 6 nitrogen and oxygen atoms in total. The number of halogens is 2. The van der Waals surface area contributed by atoms with Gasteiger partial charge in [-0.25, -0.2) is 4.79 Å². The molecule has 1 unspecified atom stereocenters. The van der Waals surface area contributed by atoms with Crippen LogP contribution in [0.5, 0.6) is 11.5 Å². The van der Waals surface area contributed by atoms with E-state index in [1.165, 1.54) is 7.11 Å². The molecule has 0 spiro atoms. The number of methoxy groups -OCH3 is 1. The normalized spacial score (nSPS) is 12.2. The zero-order chi connectivity index (χ0) is 21.8. The molecule has 8 heteroatoms. The van der Waals surface area contributed by atoms with Gasteiger partial charge < -0.3 is 19.9 Å². The molecule has 0 aromatic heterocycles. The van der Waals surface area contributed by atoms with Crippen molar-refractivity contribution in [1.82, 2.24) is 0 Å². The number of esters is 2. The maximum Gasteiger partial charge on any atom is 0.339 e. The number of hydrogen-bond acceptors (Lipinski definition) is 6. The summed E-state index contributed by atoms with van der Waals surface area (Å²) in [7, 11) is 1.30. The Morgan fingerprint density at radius 1 is 1.14 bits per heavy atom. The number of carbonyl (C=O) groups excluding carboxylic acids is 2. The molecule has 29 heavy (non-hydrogen) atoms. The van der Waals surface area contributed by atoms with Crippen molar-refractivity contribution in [2.75, 3.05) is 7.11 Å². The molecule has 0 aliphatic heterocycles. The van der Waals surface area contributed by atoms with Crippen molar-refractivity contribution in [1.29, 1.82) is 0 Å². The van der Waals surface area contributed by atoms with Gasteiger partial charge >= 0.3 is 11.9 Å². The van der Waals surface area contributed by atoms with Crippen molar-refractivity contribution >= 4 is 46.1 Å². The van der Waals surface area contributed by atoms with E-state index in [1.807, 2.05) is 22.6 Å². The lowest BCUT2D eigenvalue weighted by Crippen LogP contribution is -2.39. The summed E-state index contributed by atoms with van der Waals surface area (Å²) in [6, 6.07) is 9.26. The molecular weight excluding hydrogens is 509 g/mol. The molecule has 0 aliphatic rings. The highest BCUT2D eigenvalue weighted by molar-refractivity contribution is 14.1. The highest BCUT2D eigenvalue weighted by Gasteiger charge is 2.25. The van der Waals surface area contributed by atoms with Crippen molar-refractivity contribution in [3.8, 4) is 11.5 Å². The third kappa shape index (κ3) is 6.87. The molecule has 0 saturated heterocycles. The second-order valence-electron chi connectivity index (χ2n) is 7.34. The van der Waals surface area contributed by atoms with Crippen molar-refractivity contribution in [2.24, 2.45) is 5.73 Å². The van der Waals surface area contributed by atoms with Crippen molar-refractivity contribution in [2.45, 2.75) is 38.8 Å². The molecule has 0 amide bonds. The van der Waals surface area contributed by atoms with Crippen molar-refractivity contribution in [3.05, 3.63) is 56.1 Å². The second kappa shape index (κ2) is 9.77. The van der Waals surface area contributed by atoms with Crippen LogP contribution in [0.3, 0.4) is 0 Å². The Kier molecular flexibility index (Phi) is 7.90. The molecule has 0 saturated carbocycles. The number of rotatable bonds is 6.